The van der Waals surface area contributed by atoms with Crippen LogP contribution in [0.4, 0.5) is 74.6 Å². The van der Waals surface area contributed by atoms with E-state index in [1.165, 1.54) is 0 Å². The summed E-state index contributed by atoms with van der Waals surface area (Å²) in [7, 11) is 0. The molecule has 0 unspecified atom stereocenters. The zero-order valence-electron chi connectivity index (χ0n) is 15.7. The van der Waals surface area contributed by atoms with Gasteiger partial charge in [0, 0.05) is 13.0 Å². The molecule has 0 aromatic rings. The lowest BCUT2D eigenvalue weighted by Crippen LogP contribution is -2.74. The maximum atomic E-state index is 13.5. The molecule has 1 amide bonds. The molecule has 204 valence electrons. The molecule has 0 aromatic carbocycles. The van der Waals surface area contributed by atoms with Gasteiger partial charge in [-0.15, -0.1) is 0 Å². The molecule has 0 heterocycles. The van der Waals surface area contributed by atoms with Crippen LogP contribution in [0, 0.1) is 0 Å². The normalized spacial score (nSPS) is 15.5. The van der Waals surface area contributed by atoms with Crippen molar-refractivity contribution in [3.8, 4) is 0 Å². The highest BCUT2D eigenvalue weighted by Crippen LogP contribution is 2.64. The molecule has 4 N–H and O–H groups in total. The molecule has 0 aromatic heterocycles. The molecular formula is C13H12F17N3O. The summed E-state index contributed by atoms with van der Waals surface area (Å²) in [6.07, 6.45) is -11.9. The number of halogens is 17. The summed E-state index contributed by atoms with van der Waals surface area (Å²) in [6.45, 7) is -1.75. The Labute approximate surface area is 177 Å². The molecule has 0 atom stereocenters. The van der Waals surface area contributed by atoms with E-state index >= 15 is 0 Å². The minimum atomic E-state index is -8.65. The SMILES string of the molecule is NNCC(=O)NCCCC(F)(F)C(F)(F)C(F)(F)C(F)(F)C(F)(F)C(F)(F)C(F)(F)C(F)(F)F. The molecule has 0 aliphatic rings. The molecule has 0 saturated heterocycles. The van der Waals surface area contributed by atoms with Crippen LogP contribution in [0.2, 0.25) is 0 Å². The van der Waals surface area contributed by atoms with Crippen molar-refractivity contribution < 1.29 is 79.4 Å². The third-order valence-corrected chi connectivity index (χ3v) is 4.04. The van der Waals surface area contributed by atoms with E-state index in [1.54, 1.807) is 10.7 Å². The Morgan fingerprint density at radius 2 is 0.941 bits per heavy atom. The third-order valence-electron chi connectivity index (χ3n) is 4.04. The molecule has 0 radical (unpaired) electrons. The minimum absolute atomic E-state index is 0.692. The van der Waals surface area contributed by atoms with E-state index in [1.807, 2.05) is 0 Å². The van der Waals surface area contributed by atoms with E-state index in [4.69, 9.17) is 0 Å². The van der Waals surface area contributed by atoms with Crippen LogP contribution in [-0.4, -0.2) is 66.6 Å². The van der Waals surface area contributed by atoms with Crippen LogP contribution in [-0.2, 0) is 4.79 Å². The predicted molar refractivity (Wildman–Crippen MR) is 75.1 cm³/mol. The van der Waals surface area contributed by atoms with Gasteiger partial charge in [-0.05, 0) is 6.42 Å². The molecular weight excluding hydrogens is 537 g/mol. The van der Waals surface area contributed by atoms with Gasteiger partial charge < -0.3 is 5.32 Å². The van der Waals surface area contributed by atoms with Crippen molar-refractivity contribution in [2.45, 2.75) is 60.5 Å². The fourth-order valence-corrected chi connectivity index (χ4v) is 2.05. The van der Waals surface area contributed by atoms with E-state index in [0.717, 1.165) is 0 Å². The highest BCUT2D eigenvalue weighted by atomic mass is 19.4. The fraction of sp³-hybridized carbons (Fsp3) is 0.923. The molecule has 0 spiro atoms. The fourth-order valence-electron chi connectivity index (χ4n) is 2.05. The zero-order chi connectivity index (χ0) is 27.8. The summed E-state index contributed by atoms with van der Waals surface area (Å²) >= 11 is 0. The van der Waals surface area contributed by atoms with Gasteiger partial charge >= 0.3 is 47.6 Å². The van der Waals surface area contributed by atoms with Crippen LogP contribution in [0.15, 0.2) is 0 Å². The number of carbonyl (C=O) groups is 1. The van der Waals surface area contributed by atoms with Crippen LogP contribution in [0.3, 0.4) is 0 Å². The first kappa shape index (κ1) is 32.2. The summed E-state index contributed by atoms with van der Waals surface area (Å²) in [5, 5.41) is 1.65. The van der Waals surface area contributed by atoms with Crippen LogP contribution in [0.5, 0.6) is 0 Å². The predicted octanol–water partition coefficient (Wildman–Crippen LogP) is 4.36. The van der Waals surface area contributed by atoms with E-state index in [9.17, 15) is 79.4 Å². The lowest BCUT2D eigenvalue weighted by atomic mass is 9.88. The summed E-state index contributed by atoms with van der Waals surface area (Å²) in [5.41, 5.74) is 1.71. The monoisotopic (exact) mass is 549 g/mol. The number of nitrogens with one attached hydrogen (secondary N) is 2. The highest BCUT2D eigenvalue weighted by molar-refractivity contribution is 5.77. The van der Waals surface area contributed by atoms with Crippen LogP contribution >= 0.6 is 0 Å². The molecule has 0 saturated carbocycles. The van der Waals surface area contributed by atoms with Crippen LogP contribution < -0.4 is 16.6 Å². The smallest absolute Gasteiger partial charge is 0.355 e. The van der Waals surface area contributed by atoms with Gasteiger partial charge in [0.15, 0.2) is 0 Å². The summed E-state index contributed by atoms with van der Waals surface area (Å²) in [6, 6.07) is 0. The molecule has 0 bridgehead atoms. The number of hydrogen-bond donors (Lipinski definition) is 3. The van der Waals surface area contributed by atoms with Crippen LogP contribution in [0.25, 0.3) is 0 Å². The number of amides is 1. The Kier molecular flexibility index (Phi) is 8.84. The van der Waals surface area contributed by atoms with Gasteiger partial charge in [-0.3, -0.25) is 16.1 Å². The Balaban J connectivity index is 6.13. The van der Waals surface area contributed by atoms with Crippen molar-refractivity contribution in [1.82, 2.24) is 10.7 Å². The first-order valence-electron chi connectivity index (χ1n) is 8.12. The van der Waals surface area contributed by atoms with Gasteiger partial charge in [-0.25, -0.2) is 0 Å². The van der Waals surface area contributed by atoms with Gasteiger partial charge in [-0.2, -0.15) is 74.6 Å². The number of hydrazine groups is 1. The number of carbonyl (C=O) groups excluding carboxylic acids is 1. The minimum Gasteiger partial charge on any atom is -0.355 e. The van der Waals surface area contributed by atoms with Gasteiger partial charge in [-0.1, -0.05) is 0 Å². The van der Waals surface area contributed by atoms with Crippen molar-refractivity contribution in [3.63, 3.8) is 0 Å². The average molecular weight is 549 g/mol. The van der Waals surface area contributed by atoms with Crippen molar-refractivity contribution in [3.05, 3.63) is 0 Å². The second kappa shape index (κ2) is 9.34. The quantitative estimate of drug-likeness (QED) is 0.147. The second-order valence-electron chi connectivity index (χ2n) is 6.48. The maximum Gasteiger partial charge on any atom is 0.460 e. The number of alkyl halides is 17. The van der Waals surface area contributed by atoms with E-state index < -0.39 is 79.5 Å². The lowest BCUT2D eigenvalue weighted by molar-refractivity contribution is -0.461. The second-order valence-corrected chi connectivity index (χ2v) is 6.48. The molecule has 0 fully saturated rings. The molecule has 34 heavy (non-hydrogen) atoms. The van der Waals surface area contributed by atoms with Gasteiger partial charge in [0.1, 0.15) is 0 Å². The third kappa shape index (κ3) is 4.94. The average Bonchev–Trinajstić information content (AvgIpc) is 2.63. The van der Waals surface area contributed by atoms with Crippen molar-refractivity contribution in [2.24, 2.45) is 5.84 Å². The Hall–Kier alpha value is -1.80. The standard InChI is InChI=1S/C13H12F17N3O/c14-6(15,2-1-3-32-5(34)4-33-31)7(16,17)8(18,19)9(20,21)10(22,23)11(24,25)12(26,27)13(28,29)30/h33H,1-4,31H2,(H,32,34). The first-order chi connectivity index (χ1) is 14.7. The number of rotatable bonds is 12. The van der Waals surface area contributed by atoms with Gasteiger partial charge in [0.2, 0.25) is 5.91 Å². The van der Waals surface area contributed by atoms with E-state index in [2.05, 4.69) is 5.84 Å². The Morgan fingerprint density at radius 1 is 0.588 bits per heavy atom. The number of hydrogen-bond acceptors (Lipinski definition) is 3. The molecule has 0 aliphatic carbocycles. The van der Waals surface area contributed by atoms with Crippen molar-refractivity contribution >= 4 is 5.91 Å². The summed E-state index contributed by atoms with van der Waals surface area (Å²) in [5.74, 6) is -52.9. The largest absolute Gasteiger partial charge is 0.460 e. The molecule has 4 nitrogen and oxygen atoms in total. The van der Waals surface area contributed by atoms with E-state index in [0.29, 0.717) is 0 Å². The topological polar surface area (TPSA) is 67.1 Å². The van der Waals surface area contributed by atoms with Crippen molar-refractivity contribution in [1.29, 1.82) is 0 Å². The number of nitrogens with two attached hydrogens (primary N) is 1. The first-order valence-corrected chi connectivity index (χ1v) is 8.12. The molecule has 0 rings (SSSR count). The Bertz CT molecular complexity index is 718. The Morgan fingerprint density at radius 3 is 1.29 bits per heavy atom. The lowest BCUT2D eigenvalue weighted by Gasteiger charge is -2.42. The summed E-state index contributed by atoms with van der Waals surface area (Å²) in [4.78, 5) is 10.9. The van der Waals surface area contributed by atoms with Crippen LogP contribution in [0.1, 0.15) is 12.8 Å². The maximum absolute atomic E-state index is 13.5. The van der Waals surface area contributed by atoms with Gasteiger partial charge in [0.05, 0.1) is 6.54 Å². The van der Waals surface area contributed by atoms with Gasteiger partial charge in [0.25, 0.3) is 0 Å². The molecule has 0 aliphatic heterocycles. The van der Waals surface area contributed by atoms with Crippen molar-refractivity contribution in [2.75, 3.05) is 13.1 Å². The van der Waals surface area contributed by atoms with E-state index in [-0.39, 0.29) is 0 Å². The summed E-state index contributed by atoms with van der Waals surface area (Å²) < 4.78 is 222. The highest BCUT2D eigenvalue weighted by Gasteiger charge is 2.95. The molecule has 21 heteroatoms. The zero-order valence-corrected chi connectivity index (χ0v) is 15.7.